The van der Waals surface area contributed by atoms with Crippen LogP contribution in [0.1, 0.15) is 29.8 Å². The molecule has 1 heterocycles. The van der Waals surface area contributed by atoms with Gasteiger partial charge in [-0.2, -0.15) is 0 Å². The molecule has 0 bridgehead atoms. The first-order chi connectivity index (χ1) is 12.5. The van der Waals surface area contributed by atoms with Gasteiger partial charge in [0.1, 0.15) is 5.82 Å². The number of amides is 1. The molecular weight excluding hydrogens is 333 g/mol. The normalized spacial score (nSPS) is 20.6. The van der Waals surface area contributed by atoms with Gasteiger partial charge in [0, 0.05) is 25.2 Å². The summed E-state index contributed by atoms with van der Waals surface area (Å²) in [6, 6.07) is 13.3. The molecule has 0 aromatic heterocycles. The number of nitrogens with one attached hydrogen (secondary N) is 2. The topological polar surface area (TPSA) is 53.6 Å². The summed E-state index contributed by atoms with van der Waals surface area (Å²) in [7, 11) is 0. The van der Waals surface area contributed by atoms with E-state index in [9.17, 15) is 9.18 Å². The molecule has 1 aliphatic rings. The molecule has 1 saturated heterocycles. The number of hydrogen-bond acceptors (Lipinski definition) is 4. The lowest BCUT2D eigenvalue weighted by atomic mass is 10.1. The Bertz CT molecular complexity index is 724. The first-order valence-electron chi connectivity index (χ1n) is 8.78. The van der Waals surface area contributed by atoms with Crippen molar-refractivity contribution in [1.82, 2.24) is 10.3 Å². The number of ether oxygens (including phenoxy) is 1. The van der Waals surface area contributed by atoms with E-state index in [4.69, 9.17) is 4.74 Å². The van der Waals surface area contributed by atoms with E-state index < -0.39 is 0 Å². The highest BCUT2D eigenvalue weighted by Gasteiger charge is 2.22. The third-order valence-corrected chi connectivity index (χ3v) is 4.28. The number of hydrazine groups is 1. The van der Waals surface area contributed by atoms with E-state index in [2.05, 4.69) is 29.6 Å². The number of hydrogen-bond donors (Lipinski definition) is 2. The molecule has 1 fully saturated rings. The van der Waals surface area contributed by atoms with Crippen molar-refractivity contribution in [1.29, 1.82) is 0 Å². The van der Waals surface area contributed by atoms with Crippen LogP contribution in [0.5, 0.6) is 0 Å². The first kappa shape index (κ1) is 18.4. The van der Waals surface area contributed by atoms with E-state index in [0.717, 1.165) is 25.2 Å². The number of morpholine rings is 1. The Morgan fingerprint density at radius 1 is 1.08 bits per heavy atom. The molecule has 138 valence electrons. The van der Waals surface area contributed by atoms with Crippen LogP contribution in [0.2, 0.25) is 0 Å². The summed E-state index contributed by atoms with van der Waals surface area (Å²) in [6.45, 7) is 6.84. The smallest absolute Gasteiger partial charge is 0.269 e. The molecule has 3 rings (SSSR count). The molecule has 0 aliphatic carbocycles. The summed E-state index contributed by atoms with van der Waals surface area (Å²) in [5, 5.41) is 0. The number of benzene rings is 2. The first-order valence-corrected chi connectivity index (χ1v) is 8.78. The molecular formula is C20H24FN3O2. The Morgan fingerprint density at radius 2 is 1.69 bits per heavy atom. The highest BCUT2D eigenvalue weighted by atomic mass is 19.1. The third kappa shape index (κ3) is 5.03. The van der Waals surface area contributed by atoms with Crippen LogP contribution in [0.15, 0.2) is 48.5 Å². The van der Waals surface area contributed by atoms with Crippen LogP contribution in [0.4, 0.5) is 10.1 Å². The maximum atomic E-state index is 12.9. The van der Waals surface area contributed by atoms with Gasteiger partial charge < -0.3 is 4.74 Å². The van der Waals surface area contributed by atoms with Gasteiger partial charge in [0.05, 0.1) is 17.9 Å². The number of rotatable bonds is 5. The fraction of sp³-hybridized carbons (Fsp3) is 0.350. The molecule has 5 nitrogen and oxygen atoms in total. The average Bonchev–Trinajstić information content (AvgIpc) is 2.61. The van der Waals surface area contributed by atoms with Crippen LogP contribution >= 0.6 is 0 Å². The fourth-order valence-corrected chi connectivity index (χ4v) is 3.17. The van der Waals surface area contributed by atoms with Gasteiger partial charge in [-0.3, -0.25) is 20.5 Å². The average molecular weight is 357 g/mol. The molecule has 1 amide bonds. The van der Waals surface area contributed by atoms with Crippen LogP contribution in [-0.2, 0) is 11.3 Å². The zero-order valence-electron chi connectivity index (χ0n) is 15.0. The molecule has 2 aromatic rings. The van der Waals surface area contributed by atoms with Crippen molar-refractivity contribution in [3.8, 4) is 0 Å². The second kappa shape index (κ2) is 8.29. The molecule has 0 radical (unpaired) electrons. The zero-order valence-corrected chi connectivity index (χ0v) is 15.0. The van der Waals surface area contributed by atoms with Crippen molar-refractivity contribution in [3.63, 3.8) is 0 Å². The van der Waals surface area contributed by atoms with E-state index >= 15 is 0 Å². The molecule has 0 saturated carbocycles. The molecule has 1 aliphatic heterocycles. The quantitative estimate of drug-likeness (QED) is 0.807. The number of halogens is 1. The summed E-state index contributed by atoms with van der Waals surface area (Å²) in [5.74, 6) is -0.559. The Balaban J connectivity index is 1.53. The number of carbonyl (C=O) groups excluding carboxylic acids is 1. The zero-order chi connectivity index (χ0) is 18.5. The molecule has 2 N–H and O–H groups in total. The summed E-state index contributed by atoms with van der Waals surface area (Å²) >= 11 is 0. The van der Waals surface area contributed by atoms with Gasteiger partial charge in [-0.15, -0.1) is 0 Å². The molecule has 26 heavy (non-hydrogen) atoms. The number of carbonyl (C=O) groups is 1. The van der Waals surface area contributed by atoms with Gasteiger partial charge in [0.25, 0.3) is 5.91 Å². The minimum absolute atomic E-state index is 0.237. The van der Waals surface area contributed by atoms with Crippen molar-refractivity contribution in [2.45, 2.75) is 32.6 Å². The Morgan fingerprint density at radius 3 is 2.31 bits per heavy atom. The second-order valence-electron chi connectivity index (χ2n) is 6.73. The fourth-order valence-electron chi connectivity index (χ4n) is 3.17. The maximum Gasteiger partial charge on any atom is 0.269 e. The van der Waals surface area contributed by atoms with E-state index in [1.165, 1.54) is 12.1 Å². The van der Waals surface area contributed by atoms with Gasteiger partial charge in [-0.05, 0) is 55.8 Å². The predicted molar refractivity (Wildman–Crippen MR) is 99.2 cm³/mol. The molecule has 6 heteroatoms. The van der Waals surface area contributed by atoms with Crippen molar-refractivity contribution in [2.24, 2.45) is 0 Å². The number of anilines is 1. The SMILES string of the molecule is CC1CN(Cc2ccc(C(=O)NNc3ccc(F)cc3)cc2)CC(C)O1. The van der Waals surface area contributed by atoms with E-state index in [0.29, 0.717) is 11.3 Å². The molecule has 2 aromatic carbocycles. The predicted octanol–water partition coefficient (Wildman–Crippen LogP) is 3.19. The molecule has 2 atom stereocenters. The van der Waals surface area contributed by atoms with Gasteiger partial charge >= 0.3 is 0 Å². The highest BCUT2D eigenvalue weighted by Crippen LogP contribution is 2.15. The minimum Gasteiger partial charge on any atom is -0.373 e. The lowest BCUT2D eigenvalue weighted by molar-refractivity contribution is -0.0704. The standard InChI is InChI=1S/C20H24FN3O2/c1-14-11-24(12-15(2)26-14)13-16-3-5-17(6-4-16)20(25)23-22-19-9-7-18(21)8-10-19/h3-10,14-15,22H,11-13H2,1-2H3,(H,23,25). The van der Waals surface area contributed by atoms with Gasteiger partial charge in [0.2, 0.25) is 0 Å². The second-order valence-corrected chi connectivity index (χ2v) is 6.73. The largest absolute Gasteiger partial charge is 0.373 e. The monoisotopic (exact) mass is 357 g/mol. The third-order valence-electron chi connectivity index (χ3n) is 4.28. The van der Waals surface area contributed by atoms with Crippen molar-refractivity contribution >= 4 is 11.6 Å². The summed E-state index contributed by atoms with van der Waals surface area (Å²) in [4.78, 5) is 14.6. The van der Waals surface area contributed by atoms with Crippen molar-refractivity contribution in [2.75, 3.05) is 18.5 Å². The van der Waals surface area contributed by atoms with Gasteiger partial charge in [0.15, 0.2) is 0 Å². The molecule has 0 spiro atoms. The Kier molecular flexibility index (Phi) is 5.85. The Labute approximate surface area is 153 Å². The lowest BCUT2D eigenvalue weighted by Gasteiger charge is -2.35. The summed E-state index contributed by atoms with van der Waals surface area (Å²) < 4.78 is 18.6. The van der Waals surface area contributed by atoms with Crippen LogP contribution < -0.4 is 10.9 Å². The van der Waals surface area contributed by atoms with Gasteiger partial charge in [-0.25, -0.2) is 4.39 Å². The Hall–Kier alpha value is -2.44. The summed E-state index contributed by atoms with van der Waals surface area (Å²) in [5.41, 5.74) is 7.72. The number of nitrogens with zero attached hydrogens (tertiary/aromatic N) is 1. The van der Waals surface area contributed by atoms with Crippen LogP contribution in [0, 0.1) is 5.82 Å². The summed E-state index contributed by atoms with van der Waals surface area (Å²) in [6.07, 6.45) is 0.475. The maximum absolute atomic E-state index is 12.9. The van der Waals surface area contributed by atoms with Gasteiger partial charge in [-0.1, -0.05) is 12.1 Å². The van der Waals surface area contributed by atoms with E-state index in [1.807, 2.05) is 24.3 Å². The minimum atomic E-state index is -0.318. The van der Waals surface area contributed by atoms with E-state index in [-0.39, 0.29) is 23.9 Å². The van der Waals surface area contributed by atoms with Crippen molar-refractivity contribution in [3.05, 3.63) is 65.5 Å². The van der Waals surface area contributed by atoms with E-state index in [1.54, 1.807) is 12.1 Å². The van der Waals surface area contributed by atoms with Crippen molar-refractivity contribution < 1.29 is 13.9 Å². The van der Waals surface area contributed by atoms with Crippen LogP contribution in [-0.4, -0.2) is 36.1 Å². The van der Waals surface area contributed by atoms with Crippen LogP contribution in [0.25, 0.3) is 0 Å². The highest BCUT2D eigenvalue weighted by molar-refractivity contribution is 5.94. The molecule has 2 unspecified atom stereocenters. The van der Waals surface area contributed by atoms with Crippen LogP contribution in [0.3, 0.4) is 0 Å². The lowest BCUT2D eigenvalue weighted by Crippen LogP contribution is -2.44.